The summed E-state index contributed by atoms with van der Waals surface area (Å²) in [6, 6.07) is 5.64. The maximum atomic E-state index is 12.0. The molecule has 2 rings (SSSR count). The molecule has 0 heterocycles. The van der Waals surface area contributed by atoms with Gasteiger partial charge in [-0.2, -0.15) is 0 Å². The maximum Gasteiger partial charge on any atom is 0.303 e. The first-order valence-corrected chi connectivity index (χ1v) is 8.04. The topological polar surface area (TPSA) is 80.4 Å². The normalized spacial score (nSPS) is 21.8. The molecule has 0 aromatic heterocycles. The zero-order valence-electron chi connectivity index (χ0n) is 13.3. The van der Waals surface area contributed by atoms with Gasteiger partial charge in [0, 0.05) is 23.6 Å². The fourth-order valence-electron chi connectivity index (χ4n) is 3.36. The minimum absolute atomic E-state index is 0.0308. The number of ketones is 1. The molecule has 1 saturated carbocycles. The van der Waals surface area contributed by atoms with Crippen molar-refractivity contribution < 1.29 is 14.7 Å². The Bertz CT molecular complexity index is 557. The standard InChI is InChI=1S/C18H25NO3/c1-11(2)18(22)14-7-8-15(16(19)10-14)13-5-3-12(4-6-13)9-17(20)21/h7-8,10-13H,3-6,9,19H2,1-2H3,(H,20,21)/t12-,13-. The lowest BCUT2D eigenvalue weighted by Gasteiger charge is -2.28. The molecule has 1 fully saturated rings. The second-order valence-electron chi connectivity index (χ2n) is 6.68. The summed E-state index contributed by atoms with van der Waals surface area (Å²) < 4.78 is 0. The van der Waals surface area contributed by atoms with Gasteiger partial charge in [-0.15, -0.1) is 0 Å². The second kappa shape index (κ2) is 6.95. The molecule has 3 N–H and O–H groups in total. The Balaban J connectivity index is 2.05. The molecule has 22 heavy (non-hydrogen) atoms. The van der Waals surface area contributed by atoms with Gasteiger partial charge >= 0.3 is 5.97 Å². The molecule has 0 unspecified atom stereocenters. The third-order valence-electron chi connectivity index (χ3n) is 4.65. The molecule has 1 aromatic rings. The number of benzene rings is 1. The number of anilines is 1. The van der Waals surface area contributed by atoms with E-state index in [1.54, 1.807) is 6.07 Å². The van der Waals surface area contributed by atoms with E-state index in [1.165, 1.54) is 0 Å². The van der Waals surface area contributed by atoms with Crippen molar-refractivity contribution in [3.63, 3.8) is 0 Å². The van der Waals surface area contributed by atoms with Crippen LogP contribution in [0.15, 0.2) is 18.2 Å². The first kappa shape index (κ1) is 16.5. The van der Waals surface area contributed by atoms with E-state index in [0.717, 1.165) is 31.2 Å². The first-order valence-electron chi connectivity index (χ1n) is 8.04. The molecule has 4 nitrogen and oxygen atoms in total. The Morgan fingerprint density at radius 2 is 1.86 bits per heavy atom. The van der Waals surface area contributed by atoms with Gasteiger partial charge in [0.2, 0.25) is 0 Å². The lowest BCUT2D eigenvalue weighted by atomic mass is 9.77. The number of hydrogen-bond donors (Lipinski definition) is 2. The van der Waals surface area contributed by atoms with Crippen molar-refractivity contribution in [2.45, 2.75) is 51.9 Å². The minimum atomic E-state index is -0.709. The molecule has 0 bridgehead atoms. The number of nitrogens with two attached hydrogens (primary N) is 1. The zero-order valence-corrected chi connectivity index (χ0v) is 13.3. The van der Waals surface area contributed by atoms with Crippen LogP contribution in [-0.4, -0.2) is 16.9 Å². The van der Waals surface area contributed by atoms with E-state index in [4.69, 9.17) is 10.8 Å². The van der Waals surface area contributed by atoms with Crippen molar-refractivity contribution in [1.29, 1.82) is 0 Å². The van der Waals surface area contributed by atoms with Crippen LogP contribution in [0.25, 0.3) is 0 Å². The third-order valence-corrected chi connectivity index (χ3v) is 4.65. The van der Waals surface area contributed by atoms with E-state index in [1.807, 2.05) is 26.0 Å². The van der Waals surface area contributed by atoms with E-state index in [0.29, 0.717) is 17.2 Å². The number of carboxylic acids is 1. The molecule has 1 aliphatic rings. The fourth-order valence-corrected chi connectivity index (χ4v) is 3.36. The highest BCUT2D eigenvalue weighted by Gasteiger charge is 2.25. The van der Waals surface area contributed by atoms with E-state index in [9.17, 15) is 9.59 Å². The number of hydrogen-bond acceptors (Lipinski definition) is 3. The van der Waals surface area contributed by atoms with Crippen LogP contribution >= 0.6 is 0 Å². The highest BCUT2D eigenvalue weighted by Crippen LogP contribution is 2.39. The monoisotopic (exact) mass is 303 g/mol. The van der Waals surface area contributed by atoms with Crippen molar-refractivity contribution >= 4 is 17.4 Å². The molecule has 1 aromatic carbocycles. The Hall–Kier alpha value is -1.84. The van der Waals surface area contributed by atoms with Gasteiger partial charge in [-0.1, -0.05) is 26.0 Å². The summed E-state index contributed by atoms with van der Waals surface area (Å²) in [5.41, 5.74) is 8.63. The van der Waals surface area contributed by atoms with Crippen LogP contribution in [0.5, 0.6) is 0 Å². The summed E-state index contributed by atoms with van der Waals surface area (Å²) in [6.07, 6.45) is 4.08. The predicted octanol–water partition coefficient (Wildman–Crippen LogP) is 3.86. The molecule has 0 amide bonds. The van der Waals surface area contributed by atoms with Gasteiger partial charge in [-0.25, -0.2) is 0 Å². The number of rotatable bonds is 5. The first-order chi connectivity index (χ1) is 10.4. The molecular formula is C18H25NO3. The summed E-state index contributed by atoms with van der Waals surface area (Å²) in [4.78, 5) is 22.8. The number of carbonyl (C=O) groups is 2. The lowest BCUT2D eigenvalue weighted by molar-refractivity contribution is -0.138. The zero-order chi connectivity index (χ0) is 16.3. The average Bonchev–Trinajstić information content (AvgIpc) is 2.46. The van der Waals surface area contributed by atoms with Gasteiger partial charge in [-0.05, 0) is 49.1 Å². The average molecular weight is 303 g/mol. The number of nitrogen functional groups attached to an aromatic ring is 1. The Morgan fingerprint density at radius 1 is 1.23 bits per heavy atom. The number of carbonyl (C=O) groups excluding carboxylic acids is 1. The largest absolute Gasteiger partial charge is 0.481 e. The van der Waals surface area contributed by atoms with Gasteiger partial charge in [0.25, 0.3) is 0 Å². The Kier molecular flexibility index (Phi) is 5.22. The van der Waals surface area contributed by atoms with Crippen LogP contribution in [0.2, 0.25) is 0 Å². The van der Waals surface area contributed by atoms with Crippen LogP contribution in [0, 0.1) is 11.8 Å². The smallest absolute Gasteiger partial charge is 0.303 e. The number of Topliss-reactive ketones (excluding diaryl/α,β-unsaturated/α-hetero) is 1. The molecular weight excluding hydrogens is 278 g/mol. The molecule has 0 atom stereocenters. The van der Waals surface area contributed by atoms with E-state index in [2.05, 4.69) is 0 Å². The van der Waals surface area contributed by atoms with Crippen molar-refractivity contribution in [3.8, 4) is 0 Å². The Morgan fingerprint density at radius 3 is 2.36 bits per heavy atom. The van der Waals surface area contributed by atoms with Gasteiger partial charge in [-0.3, -0.25) is 9.59 Å². The molecule has 0 spiro atoms. The van der Waals surface area contributed by atoms with Crippen molar-refractivity contribution in [2.75, 3.05) is 5.73 Å². The van der Waals surface area contributed by atoms with Crippen LogP contribution in [0.1, 0.15) is 67.8 Å². The van der Waals surface area contributed by atoms with Crippen LogP contribution in [-0.2, 0) is 4.79 Å². The maximum absolute atomic E-state index is 12.0. The predicted molar refractivity (Wildman–Crippen MR) is 87.0 cm³/mol. The summed E-state index contributed by atoms with van der Waals surface area (Å²) >= 11 is 0. The van der Waals surface area contributed by atoms with Crippen LogP contribution in [0.4, 0.5) is 5.69 Å². The van der Waals surface area contributed by atoms with E-state index >= 15 is 0 Å². The second-order valence-corrected chi connectivity index (χ2v) is 6.68. The molecule has 0 saturated heterocycles. The van der Waals surface area contributed by atoms with Crippen molar-refractivity contribution in [2.24, 2.45) is 11.8 Å². The molecule has 4 heteroatoms. The lowest BCUT2D eigenvalue weighted by Crippen LogP contribution is -2.17. The summed E-state index contributed by atoms with van der Waals surface area (Å²) in [7, 11) is 0. The molecule has 0 radical (unpaired) electrons. The Labute approximate surface area is 131 Å². The minimum Gasteiger partial charge on any atom is -0.481 e. The quantitative estimate of drug-likeness (QED) is 0.639. The van der Waals surface area contributed by atoms with Crippen LogP contribution < -0.4 is 5.73 Å². The van der Waals surface area contributed by atoms with Gasteiger partial charge in [0.15, 0.2) is 5.78 Å². The number of carboxylic acid groups (broad SMARTS) is 1. The molecule has 120 valence electrons. The summed E-state index contributed by atoms with van der Waals surface area (Å²) in [5.74, 6) is 0.0460. The van der Waals surface area contributed by atoms with Crippen LogP contribution in [0.3, 0.4) is 0 Å². The van der Waals surface area contributed by atoms with Crippen molar-refractivity contribution in [3.05, 3.63) is 29.3 Å². The van der Waals surface area contributed by atoms with Gasteiger partial charge < -0.3 is 10.8 Å². The molecule has 1 aliphatic carbocycles. The highest BCUT2D eigenvalue weighted by atomic mass is 16.4. The third kappa shape index (κ3) is 3.87. The molecule has 0 aliphatic heterocycles. The summed E-state index contributed by atoms with van der Waals surface area (Å²) in [5, 5.41) is 8.87. The highest BCUT2D eigenvalue weighted by molar-refractivity contribution is 5.98. The SMILES string of the molecule is CC(C)C(=O)c1ccc([C@H]2CC[C@H](CC(=O)O)CC2)c(N)c1. The van der Waals surface area contributed by atoms with E-state index < -0.39 is 5.97 Å². The van der Waals surface area contributed by atoms with Crippen molar-refractivity contribution in [1.82, 2.24) is 0 Å². The van der Waals surface area contributed by atoms with Gasteiger partial charge in [0.1, 0.15) is 0 Å². The summed E-state index contributed by atoms with van der Waals surface area (Å²) in [6.45, 7) is 3.77. The van der Waals surface area contributed by atoms with Gasteiger partial charge in [0.05, 0.1) is 0 Å². The number of aliphatic carboxylic acids is 1. The van der Waals surface area contributed by atoms with E-state index in [-0.39, 0.29) is 24.0 Å². The fraction of sp³-hybridized carbons (Fsp3) is 0.556.